The molecule has 8 heteroatoms. The molecule has 0 aliphatic carbocycles. The number of H-pyrrole nitrogens is 1. The van der Waals surface area contributed by atoms with Gasteiger partial charge in [0.25, 0.3) is 0 Å². The molecule has 3 aromatic rings. The molecule has 0 atom stereocenters. The number of rotatable bonds is 8. The monoisotopic (exact) mass is 398 g/mol. The quantitative estimate of drug-likeness (QED) is 0.572. The number of aromatic nitrogens is 5. The molecule has 2 heterocycles. The fourth-order valence-corrected chi connectivity index (χ4v) is 3.43. The second-order valence-electron chi connectivity index (χ2n) is 6.85. The summed E-state index contributed by atoms with van der Waals surface area (Å²) >= 11 is 5.24. The number of amides is 1. The Morgan fingerprint density at radius 1 is 1.25 bits per heavy atom. The largest absolute Gasteiger partial charge is 0.350 e. The van der Waals surface area contributed by atoms with Crippen molar-refractivity contribution >= 4 is 18.1 Å². The van der Waals surface area contributed by atoms with Crippen LogP contribution in [0.2, 0.25) is 0 Å². The second-order valence-corrected chi connectivity index (χ2v) is 7.24. The van der Waals surface area contributed by atoms with Crippen LogP contribution in [0.3, 0.4) is 0 Å². The van der Waals surface area contributed by atoms with E-state index in [1.54, 1.807) is 4.57 Å². The van der Waals surface area contributed by atoms with Gasteiger partial charge in [0.05, 0.1) is 12.2 Å². The zero-order valence-electron chi connectivity index (χ0n) is 16.5. The van der Waals surface area contributed by atoms with Gasteiger partial charge in [-0.3, -0.25) is 19.1 Å². The van der Waals surface area contributed by atoms with E-state index < -0.39 is 0 Å². The van der Waals surface area contributed by atoms with Crippen LogP contribution >= 0.6 is 12.2 Å². The Morgan fingerprint density at radius 3 is 2.71 bits per heavy atom. The van der Waals surface area contributed by atoms with Gasteiger partial charge in [-0.25, -0.2) is 0 Å². The molecule has 0 spiro atoms. The first-order valence-corrected chi connectivity index (χ1v) is 9.88. The number of benzene rings is 1. The van der Waals surface area contributed by atoms with E-state index in [1.165, 1.54) is 5.56 Å². The second kappa shape index (κ2) is 8.97. The van der Waals surface area contributed by atoms with Crippen LogP contribution in [0.4, 0.5) is 0 Å². The summed E-state index contributed by atoms with van der Waals surface area (Å²) in [6.07, 6.45) is 1.73. The molecule has 0 aliphatic heterocycles. The highest BCUT2D eigenvalue weighted by Crippen LogP contribution is 2.15. The van der Waals surface area contributed by atoms with Gasteiger partial charge in [0.15, 0.2) is 4.77 Å². The van der Waals surface area contributed by atoms with Gasteiger partial charge in [-0.1, -0.05) is 37.3 Å². The maximum Gasteiger partial charge on any atom is 0.240 e. The van der Waals surface area contributed by atoms with E-state index in [0.717, 1.165) is 35.6 Å². The number of aromatic amines is 1. The summed E-state index contributed by atoms with van der Waals surface area (Å²) in [6.45, 7) is 7.41. The molecule has 3 rings (SSSR count). The Balaban J connectivity index is 1.65. The van der Waals surface area contributed by atoms with Gasteiger partial charge in [0.1, 0.15) is 12.4 Å². The van der Waals surface area contributed by atoms with E-state index in [-0.39, 0.29) is 12.5 Å². The van der Waals surface area contributed by atoms with Crippen LogP contribution in [-0.2, 0) is 30.8 Å². The molecule has 0 saturated carbocycles. The van der Waals surface area contributed by atoms with E-state index in [2.05, 4.69) is 39.7 Å². The Bertz CT molecular complexity index is 1000. The molecule has 0 fully saturated rings. The summed E-state index contributed by atoms with van der Waals surface area (Å²) in [7, 11) is 0. The molecular formula is C20H26N6OS. The minimum absolute atomic E-state index is 0.0931. The molecule has 1 amide bonds. The number of nitrogens with one attached hydrogen (secondary N) is 2. The van der Waals surface area contributed by atoms with Crippen LogP contribution in [0.25, 0.3) is 0 Å². The third-order valence-corrected chi connectivity index (χ3v) is 5.09. The smallest absolute Gasteiger partial charge is 0.240 e. The first-order chi connectivity index (χ1) is 13.5. The molecule has 0 aliphatic rings. The lowest BCUT2D eigenvalue weighted by molar-refractivity contribution is -0.121. The lowest BCUT2D eigenvalue weighted by Gasteiger charge is -2.09. The Kier molecular flexibility index (Phi) is 6.41. The lowest BCUT2D eigenvalue weighted by atomic mass is 10.2. The summed E-state index contributed by atoms with van der Waals surface area (Å²) in [4.78, 5) is 12.5. The van der Waals surface area contributed by atoms with Crippen molar-refractivity contribution in [3.63, 3.8) is 0 Å². The van der Waals surface area contributed by atoms with Crippen molar-refractivity contribution < 1.29 is 4.79 Å². The van der Waals surface area contributed by atoms with Gasteiger partial charge < -0.3 is 5.32 Å². The number of nitrogens with zero attached hydrogens (tertiary/aromatic N) is 4. The molecule has 0 bridgehead atoms. The van der Waals surface area contributed by atoms with E-state index in [1.807, 2.05) is 36.7 Å². The summed E-state index contributed by atoms with van der Waals surface area (Å²) in [5.74, 6) is 0.718. The maximum absolute atomic E-state index is 12.5. The van der Waals surface area contributed by atoms with Crippen LogP contribution in [0.15, 0.2) is 30.3 Å². The first kappa shape index (κ1) is 20.0. The standard InChI is InChI=1S/C20H26N6OS/c1-4-8-18-22-23-20(28)25(18)13-19(27)21-11-17-14(2)24-26(15(17)3)12-16-9-6-5-7-10-16/h5-7,9-10H,4,8,11-13H2,1-3H3,(H,21,27)(H,23,28). The molecule has 2 N–H and O–H groups in total. The normalized spacial score (nSPS) is 11.0. The van der Waals surface area contributed by atoms with E-state index in [4.69, 9.17) is 12.2 Å². The Labute approximate surface area is 169 Å². The van der Waals surface area contributed by atoms with Crippen molar-refractivity contribution in [2.45, 2.75) is 53.2 Å². The van der Waals surface area contributed by atoms with Gasteiger partial charge >= 0.3 is 0 Å². The summed E-state index contributed by atoms with van der Waals surface area (Å²) in [5.41, 5.74) is 4.24. The zero-order valence-corrected chi connectivity index (χ0v) is 17.3. The van der Waals surface area contributed by atoms with E-state index in [9.17, 15) is 4.79 Å². The highest BCUT2D eigenvalue weighted by molar-refractivity contribution is 7.71. The Hall–Kier alpha value is -2.74. The number of aryl methyl sites for hydroxylation is 2. The van der Waals surface area contributed by atoms with Crippen LogP contribution in [-0.4, -0.2) is 30.5 Å². The Morgan fingerprint density at radius 2 is 2.00 bits per heavy atom. The number of hydrogen-bond acceptors (Lipinski definition) is 4. The highest BCUT2D eigenvalue weighted by Gasteiger charge is 2.14. The molecule has 2 aromatic heterocycles. The average Bonchev–Trinajstić information content (AvgIpc) is 3.15. The lowest BCUT2D eigenvalue weighted by Crippen LogP contribution is -2.28. The maximum atomic E-state index is 12.5. The SMILES string of the molecule is CCCc1n[nH]c(=S)n1CC(=O)NCc1c(C)nn(Cc2ccccc2)c1C. The van der Waals surface area contributed by atoms with Gasteiger partial charge in [0.2, 0.25) is 5.91 Å². The molecule has 7 nitrogen and oxygen atoms in total. The molecule has 0 unspecified atom stereocenters. The molecule has 0 saturated heterocycles. The first-order valence-electron chi connectivity index (χ1n) is 9.47. The van der Waals surface area contributed by atoms with Crippen LogP contribution in [0.1, 0.15) is 41.7 Å². The van der Waals surface area contributed by atoms with Gasteiger partial charge in [-0.05, 0) is 38.0 Å². The number of carbonyl (C=O) groups excluding carboxylic acids is 1. The van der Waals surface area contributed by atoms with Gasteiger partial charge in [-0.15, -0.1) is 0 Å². The summed E-state index contributed by atoms with van der Waals surface area (Å²) < 4.78 is 4.21. The van der Waals surface area contributed by atoms with Gasteiger partial charge in [-0.2, -0.15) is 10.2 Å². The molecule has 28 heavy (non-hydrogen) atoms. The third-order valence-electron chi connectivity index (χ3n) is 4.78. The van der Waals surface area contributed by atoms with Crippen molar-refractivity contribution in [2.75, 3.05) is 0 Å². The minimum atomic E-state index is -0.0931. The summed E-state index contributed by atoms with van der Waals surface area (Å²) in [5, 5.41) is 14.6. The minimum Gasteiger partial charge on any atom is -0.350 e. The van der Waals surface area contributed by atoms with Crippen molar-refractivity contribution in [2.24, 2.45) is 0 Å². The topological polar surface area (TPSA) is 80.5 Å². The summed E-state index contributed by atoms with van der Waals surface area (Å²) in [6, 6.07) is 10.2. The molecule has 1 aromatic carbocycles. The average molecular weight is 399 g/mol. The van der Waals surface area contributed by atoms with Crippen molar-refractivity contribution in [3.8, 4) is 0 Å². The molecule has 0 radical (unpaired) electrons. The van der Waals surface area contributed by atoms with Gasteiger partial charge in [0, 0.05) is 24.2 Å². The third kappa shape index (κ3) is 4.56. The van der Waals surface area contributed by atoms with Crippen LogP contribution in [0.5, 0.6) is 0 Å². The van der Waals surface area contributed by atoms with Crippen LogP contribution < -0.4 is 5.32 Å². The zero-order chi connectivity index (χ0) is 20.1. The predicted molar refractivity (Wildman–Crippen MR) is 110 cm³/mol. The van der Waals surface area contributed by atoms with Crippen molar-refractivity contribution in [3.05, 3.63) is 63.4 Å². The van der Waals surface area contributed by atoms with Crippen molar-refractivity contribution in [1.29, 1.82) is 0 Å². The molecule has 148 valence electrons. The number of hydrogen-bond donors (Lipinski definition) is 2. The highest BCUT2D eigenvalue weighted by atomic mass is 32.1. The fraction of sp³-hybridized carbons (Fsp3) is 0.400. The van der Waals surface area contributed by atoms with Crippen molar-refractivity contribution in [1.82, 2.24) is 29.9 Å². The van der Waals surface area contributed by atoms with E-state index in [0.29, 0.717) is 17.9 Å². The number of carbonyl (C=O) groups is 1. The fourth-order valence-electron chi connectivity index (χ4n) is 3.21. The van der Waals surface area contributed by atoms with E-state index >= 15 is 0 Å². The predicted octanol–water partition coefficient (Wildman–Crippen LogP) is 3.07. The van der Waals surface area contributed by atoms with Crippen LogP contribution in [0, 0.1) is 18.6 Å². The molecular weight excluding hydrogens is 372 g/mol.